The molecule has 0 saturated carbocycles. The third-order valence-corrected chi connectivity index (χ3v) is 6.55. The van der Waals surface area contributed by atoms with Crippen molar-refractivity contribution >= 4 is 26.9 Å². The lowest BCUT2D eigenvalue weighted by Gasteiger charge is -2.11. The number of halogens is 3. The molecule has 30 heavy (non-hydrogen) atoms. The smallest absolute Gasteiger partial charge is 0.475 e. The van der Waals surface area contributed by atoms with Crippen molar-refractivity contribution in [2.75, 3.05) is 6.54 Å². The van der Waals surface area contributed by atoms with Crippen LogP contribution in [-0.2, 0) is 27.8 Å². The van der Waals surface area contributed by atoms with Crippen LogP contribution in [0.1, 0.15) is 16.7 Å². The Hall–Kier alpha value is -2.85. The number of aliphatic carboxylic acids is 1. The summed E-state index contributed by atoms with van der Waals surface area (Å²) in [6.07, 6.45) is -2.45. The van der Waals surface area contributed by atoms with Crippen LogP contribution in [-0.4, -0.2) is 36.2 Å². The lowest BCUT2D eigenvalue weighted by molar-refractivity contribution is -0.192. The normalized spacial score (nSPS) is 14.0. The number of benzene rings is 2. The van der Waals surface area contributed by atoms with Gasteiger partial charge in [-0.3, -0.25) is 0 Å². The highest BCUT2D eigenvalue weighted by Crippen LogP contribution is 2.31. The molecule has 0 saturated heterocycles. The maximum Gasteiger partial charge on any atom is 0.490 e. The number of carbonyl (C=O) groups is 1. The zero-order valence-corrected chi connectivity index (χ0v) is 16.7. The molecule has 0 atom stereocenters. The fourth-order valence-corrected chi connectivity index (χ4v) is 4.96. The number of hydrogen-bond acceptors (Lipinski definition) is 4. The minimum absolute atomic E-state index is 0.365. The van der Waals surface area contributed by atoms with Gasteiger partial charge < -0.3 is 10.4 Å². The number of nitrogens with zero attached hydrogens (tertiary/aromatic N) is 1. The van der Waals surface area contributed by atoms with E-state index in [1.807, 2.05) is 31.2 Å². The molecule has 0 amide bonds. The summed E-state index contributed by atoms with van der Waals surface area (Å²) in [4.78, 5) is 9.26. The second-order valence-corrected chi connectivity index (χ2v) is 8.54. The number of aryl methyl sites for hydroxylation is 1. The molecule has 0 radical (unpaired) electrons. The van der Waals surface area contributed by atoms with Gasteiger partial charge in [-0.05, 0) is 48.7 Å². The molecule has 0 unspecified atom stereocenters. The van der Waals surface area contributed by atoms with E-state index in [0.29, 0.717) is 4.90 Å². The minimum Gasteiger partial charge on any atom is -0.475 e. The van der Waals surface area contributed by atoms with Gasteiger partial charge in [-0.2, -0.15) is 13.2 Å². The second kappa shape index (κ2) is 8.11. The Kier molecular flexibility index (Phi) is 5.91. The Bertz CT molecular complexity index is 1200. The lowest BCUT2D eigenvalue weighted by atomic mass is 10.1. The van der Waals surface area contributed by atoms with E-state index in [4.69, 9.17) is 9.90 Å². The number of alkyl halides is 3. The summed E-state index contributed by atoms with van der Waals surface area (Å²) in [6, 6.07) is 13.0. The second-order valence-electron chi connectivity index (χ2n) is 6.76. The Morgan fingerprint density at radius 3 is 2.40 bits per heavy atom. The zero-order valence-electron chi connectivity index (χ0n) is 15.9. The van der Waals surface area contributed by atoms with Gasteiger partial charge in [0.15, 0.2) is 0 Å². The summed E-state index contributed by atoms with van der Waals surface area (Å²) >= 11 is 0. The molecule has 10 heteroatoms. The predicted octanol–water partition coefficient (Wildman–Crippen LogP) is 3.47. The largest absolute Gasteiger partial charge is 0.490 e. The fraction of sp³-hybridized carbons (Fsp3) is 0.250. The molecule has 3 aromatic rings. The van der Waals surface area contributed by atoms with Gasteiger partial charge in [-0.15, -0.1) is 0 Å². The average molecular weight is 440 g/mol. The molecule has 2 heterocycles. The van der Waals surface area contributed by atoms with Crippen molar-refractivity contribution in [3.8, 4) is 0 Å². The molecule has 4 rings (SSSR count). The first-order valence-electron chi connectivity index (χ1n) is 8.97. The molecule has 1 aliphatic heterocycles. The number of rotatable bonds is 2. The Balaban J connectivity index is 0.000000318. The first-order chi connectivity index (χ1) is 14.0. The molecular weight excluding hydrogens is 421 g/mol. The Morgan fingerprint density at radius 2 is 1.77 bits per heavy atom. The molecule has 6 nitrogen and oxygen atoms in total. The SMILES string of the molecule is Cc1ccccc1S(=O)(=O)n1cc2c3c(cccc31)CNCC2.O=C(O)C(F)(F)F. The van der Waals surface area contributed by atoms with Crippen molar-refractivity contribution in [3.05, 3.63) is 65.4 Å². The van der Waals surface area contributed by atoms with Crippen LogP contribution in [0.15, 0.2) is 53.6 Å². The molecule has 0 aliphatic carbocycles. The molecule has 2 aromatic carbocycles. The molecule has 0 fully saturated rings. The van der Waals surface area contributed by atoms with Crippen molar-refractivity contribution in [3.63, 3.8) is 0 Å². The summed E-state index contributed by atoms with van der Waals surface area (Å²) in [6.45, 7) is 3.47. The van der Waals surface area contributed by atoms with Crippen molar-refractivity contribution in [2.45, 2.75) is 31.0 Å². The minimum atomic E-state index is -5.08. The highest BCUT2D eigenvalue weighted by atomic mass is 32.2. The quantitative estimate of drug-likeness (QED) is 0.637. The maximum atomic E-state index is 13.2. The summed E-state index contributed by atoms with van der Waals surface area (Å²) in [5, 5.41) is 11.6. The van der Waals surface area contributed by atoms with Crippen LogP contribution < -0.4 is 5.32 Å². The first-order valence-corrected chi connectivity index (χ1v) is 10.4. The van der Waals surface area contributed by atoms with Gasteiger partial charge in [0.05, 0.1) is 10.4 Å². The summed E-state index contributed by atoms with van der Waals surface area (Å²) < 4.78 is 59.5. The van der Waals surface area contributed by atoms with Gasteiger partial charge in [0.1, 0.15) is 0 Å². The maximum absolute atomic E-state index is 13.2. The van der Waals surface area contributed by atoms with Gasteiger partial charge in [0.2, 0.25) is 0 Å². The molecule has 0 bridgehead atoms. The molecule has 1 aromatic heterocycles. The van der Waals surface area contributed by atoms with Crippen LogP contribution in [0, 0.1) is 6.92 Å². The van der Waals surface area contributed by atoms with E-state index in [9.17, 15) is 21.6 Å². The van der Waals surface area contributed by atoms with E-state index in [0.717, 1.165) is 47.1 Å². The molecule has 0 spiro atoms. The van der Waals surface area contributed by atoms with E-state index in [1.54, 1.807) is 18.3 Å². The van der Waals surface area contributed by atoms with Gasteiger partial charge in [0.25, 0.3) is 10.0 Å². The number of aromatic nitrogens is 1. The number of nitrogens with one attached hydrogen (secondary N) is 1. The Morgan fingerprint density at radius 1 is 1.10 bits per heavy atom. The molecule has 2 N–H and O–H groups in total. The van der Waals surface area contributed by atoms with Crippen molar-refractivity contribution in [2.24, 2.45) is 0 Å². The molecule has 160 valence electrons. The molecular formula is C20H19F3N2O4S. The van der Waals surface area contributed by atoms with Crippen molar-refractivity contribution < 1.29 is 31.5 Å². The van der Waals surface area contributed by atoms with E-state index in [-0.39, 0.29) is 0 Å². The summed E-state index contributed by atoms with van der Waals surface area (Å²) in [5.74, 6) is -2.76. The van der Waals surface area contributed by atoms with Crippen LogP contribution in [0.2, 0.25) is 0 Å². The molecule has 1 aliphatic rings. The van der Waals surface area contributed by atoms with Gasteiger partial charge in [-0.1, -0.05) is 30.3 Å². The summed E-state index contributed by atoms with van der Waals surface area (Å²) in [7, 11) is -3.59. The topological polar surface area (TPSA) is 88.4 Å². The van der Waals surface area contributed by atoms with Crippen molar-refractivity contribution in [1.29, 1.82) is 0 Å². The fourth-order valence-electron chi connectivity index (χ4n) is 3.35. The number of carboxylic acids is 1. The van der Waals surface area contributed by atoms with Crippen LogP contribution in [0.4, 0.5) is 13.2 Å². The van der Waals surface area contributed by atoms with Crippen molar-refractivity contribution in [1.82, 2.24) is 9.29 Å². The average Bonchev–Trinajstić information content (AvgIpc) is 2.92. The predicted molar refractivity (Wildman–Crippen MR) is 105 cm³/mol. The van der Waals surface area contributed by atoms with Gasteiger partial charge in [0, 0.05) is 18.1 Å². The van der Waals surface area contributed by atoms with E-state index >= 15 is 0 Å². The highest BCUT2D eigenvalue weighted by Gasteiger charge is 2.38. The van der Waals surface area contributed by atoms with Crippen LogP contribution in [0.25, 0.3) is 10.9 Å². The summed E-state index contributed by atoms with van der Waals surface area (Å²) in [5.41, 5.74) is 3.79. The van der Waals surface area contributed by atoms with E-state index < -0.39 is 22.2 Å². The van der Waals surface area contributed by atoms with Crippen LogP contribution in [0.5, 0.6) is 0 Å². The first kappa shape index (κ1) is 21.8. The number of carboxylic acid groups (broad SMARTS) is 1. The highest BCUT2D eigenvalue weighted by molar-refractivity contribution is 7.90. The lowest BCUT2D eigenvalue weighted by Crippen LogP contribution is -2.21. The third kappa shape index (κ3) is 4.19. The van der Waals surface area contributed by atoms with Gasteiger partial charge >= 0.3 is 12.1 Å². The standard InChI is InChI=1S/C18H18N2O2S.C2HF3O2/c1-13-5-2-3-8-17(13)23(21,22)20-12-15-9-10-19-11-14-6-4-7-16(20)18(14)15;3-2(4,5)1(6)7/h2-8,12,19H,9-11H2,1H3;(H,6,7). The zero-order chi connectivity index (χ0) is 22.1. The number of hydrogen-bond donors (Lipinski definition) is 2. The van der Waals surface area contributed by atoms with E-state index in [1.165, 1.54) is 3.97 Å². The van der Waals surface area contributed by atoms with E-state index in [2.05, 4.69) is 11.4 Å². The van der Waals surface area contributed by atoms with Gasteiger partial charge in [-0.25, -0.2) is 17.2 Å². The Labute approximate surface area is 171 Å². The van der Waals surface area contributed by atoms with Crippen LogP contribution >= 0.6 is 0 Å². The van der Waals surface area contributed by atoms with Crippen LogP contribution in [0.3, 0.4) is 0 Å². The third-order valence-electron chi connectivity index (χ3n) is 4.72. The monoisotopic (exact) mass is 440 g/mol.